The van der Waals surface area contributed by atoms with Gasteiger partial charge < -0.3 is 20.8 Å². The first kappa shape index (κ1) is 46.9. The zero-order valence-electron chi connectivity index (χ0n) is 32.3. The summed E-state index contributed by atoms with van der Waals surface area (Å²) in [5.74, 6) is 0.380. The van der Waals surface area contributed by atoms with Crippen LogP contribution < -0.4 is 10.6 Å². The van der Waals surface area contributed by atoms with Gasteiger partial charge in [-0.25, -0.2) is 0 Å². The number of aliphatic hydroxyl groups excluding tert-OH is 2. The van der Waals surface area contributed by atoms with Gasteiger partial charge in [0.05, 0.1) is 12.2 Å². The van der Waals surface area contributed by atoms with Crippen LogP contribution in [0.1, 0.15) is 232 Å². The molecular formula is C42H84N2O4. The number of aliphatic hydroxyl groups is 2. The number of carbonyl (C=O) groups is 2. The molecule has 0 radical (unpaired) electrons. The van der Waals surface area contributed by atoms with E-state index in [-0.39, 0.29) is 24.0 Å². The molecule has 48 heavy (non-hydrogen) atoms. The van der Waals surface area contributed by atoms with Gasteiger partial charge in [0.25, 0.3) is 0 Å². The molecule has 0 saturated carbocycles. The molecule has 0 fully saturated rings. The van der Waals surface area contributed by atoms with Crippen molar-refractivity contribution in [2.24, 2.45) is 0 Å². The molecule has 2 atom stereocenters. The number of rotatable bonds is 39. The molecule has 0 rings (SSSR count). The van der Waals surface area contributed by atoms with Crippen molar-refractivity contribution in [3.05, 3.63) is 0 Å². The summed E-state index contributed by atoms with van der Waals surface area (Å²) >= 11 is 0. The van der Waals surface area contributed by atoms with Crippen molar-refractivity contribution in [3.63, 3.8) is 0 Å². The molecule has 0 aromatic rings. The predicted octanol–water partition coefficient (Wildman–Crippen LogP) is 11.2. The van der Waals surface area contributed by atoms with Gasteiger partial charge in [-0.15, -0.1) is 0 Å². The quantitative estimate of drug-likeness (QED) is 0.0486. The molecule has 0 heterocycles. The lowest BCUT2D eigenvalue weighted by Crippen LogP contribution is -2.24. The predicted molar refractivity (Wildman–Crippen MR) is 206 cm³/mol. The average Bonchev–Trinajstić information content (AvgIpc) is 3.07. The minimum Gasteiger partial charge on any atom is -0.393 e. The Hall–Kier alpha value is -1.14. The average molecular weight is 681 g/mol. The van der Waals surface area contributed by atoms with Gasteiger partial charge in [0, 0.05) is 25.9 Å². The van der Waals surface area contributed by atoms with Crippen LogP contribution in [-0.2, 0) is 9.59 Å². The van der Waals surface area contributed by atoms with E-state index in [1.807, 2.05) is 0 Å². The number of nitrogens with one attached hydrogen (secondary N) is 2. The van der Waals surface area contributed by atoms with Gasteiger partial charge in [0.15, 0.2) is 0 Å². The number of carbonyl (C=O) groups excluding carboxylic acids is 2. The highest BCUT2D eigenvalue weighted by atomic mass is 16.3. The van der Waals surface area contributed by atoms with Gasteiger partial charge in [-0.05, 0) is 51.4 Å². The Balaban J connectivity index is 3.32. The van der Waals surface area contributed by atoms with Crippen LogP contribution in [0, 0.1) is 0 Å². The summed E-state index contributed by atoms with van der Waals surface area (Å²) < 4.78 is 0. The van der Waals surface area contributed by atoms with Crippen molar-refractivity contribution in [3.8, 4) is 0 Å². The smallest absolute Gasteiger partial charge is 0.219 e. The summed E-state index contributed by atoms with van der Waals surface area (Å²) in [4.78, 5) is 24.2. The SMILES string of the molecule is CCCCCC[C@@H](O)CCCCCCCCCCC(=O)NCCCCCCNC(=O)CCCCCCCCCC[C@H](O)CCCCCC. The molecule has 0 spiro atoms. The summed E-state index contributed by atoms with van der Waals surface area (Å²) in [6.45, 7) is 5.98. The van der Waals surface area contributed by atoms with Crippen LogP contribution in [0.15, 0.2) is 0 Å². The van der Waals surface area contributed by atoms with Crippen LogP contribution in [0.5, 0.6) is 0 Å². The third kappa shape index (κ3) is 37.7. The highest BCUT2D eigenvalue weighted by molar-refractivity contribution is 5.76. The van der Waals surface area contributed by atoms with E-state index in [4.69, 9.17) is 0 Å². The van der Waals surface area contributed by atoms with Crippen molar-refractivity contribution in [1.82, 2.24) is 10.6 Å². The van der Waals surface area contributed by atoms with E-state index in [2.05, 4.69) is 24.5 Å². The fourth-order valence-electron chi connectivity index (χ4n) is 6.59. The Morgan fingerprint density at radius 2 is 0.625 bits per heavy atom. The Labute approximate surface area is 299 Å². The molecule has 0 aromatic heterocycles. The van der Waals surface area contributed by atoms with E-state index in [0.29, 0.717) is 12.8 Å². The van der Waals surface area contributed by atoms with Crippen molar-refractivity contribution < 1.29 is 19.8 Å². The second kappa shape index (κ2) is 38.7. The Bertz CT molecular complexity index is 618. The fraction of sp³-hybridized carbons (Fsp3) is 0.952. The second-order valence-electron chi connectivity index (χ2n) is 14.9. The summed E-state index contributed by atoms with van der Waals surface area (Å²) in [6, 6.07) is 0. The first-order valence-electron chi connectivity index (χ1n) is 21.4. The van der Waals surface area contributed by atoms with Gasteiger partial charge >= 0.3 is 0 Å². The molecule has 6 nitrogen and oxygen atoms in total. The number of hydrogen-bond acceptors (Lipinski definition) is 4. The van der Waals surface area contributed by atoms with Gasteiger partial charge in [0.1, 0.15) is 0 Å². The molecule has 0 aliphatic carbocycles. The van der Waals surface area contributed by atoms with Crippen molar-refractivity contribution in [2.45, 2.75) is 244 Å². The van der Waals surface area contributed by atoms with Gasteiger partial charge in [-0.2, -0.15) is 0 Å². The molecule has 0 aliphatic heterocycles. The number of hydrogen-bond donors (Lipinski definition) is 4. The van der Waals surface area contributed by atoms with Gasteiger partial charge in [-0.3, -0.25) is 9.59 Å². The van der Waals surface area contributed by atoms with E-state index in [9.17, 15) is 19.8 Å². The molecule has 0 saturated heterocycles. The van der Waals surface area contributed by atoms with Crippen molar-refractivity contribution in [1.29, 1.82) is 0 Å². The molecule has 4 N–H and O–H groups in total. The van der Waals surface area contributed by atoms with E-state index >= 15 is 0 Å². The van der Waals surface area contributed by atoms with E-state index in [1.165, 1.54) is 116 Å². The second-order valence-corrected chi connectivity index (χ2v) is 14.9. The Kier molecular flexibility index (Phi) is 37.7. The maximum absolute atomic E-state index is 12.1. The number of amides is 2. The minimum absolute atomic E-state index is 0.0917. The molecule has 0 aromatic carbocycles. The van der Waals surface area contributed by atoms with Crippen LogP contribution >= 0.6 is 0 Å². The lowest BCUT2D eigenvalue weighted by Gasteiger charge is -2.10. The summed E-state index contributed by atoms with van der Waals surface area (Å²) in [5, 5.41) is 26.2. The topological polar surface area (TPSA) is 98.7 Å². The van der Waals surface area contributed by atoms with E-state index in [0.717, 1.165) is 103 Å². The maximum atomic E-state index is 12.1. The fourth-order valence-corrected chi connectivity index (χ4v) is 6.59. The number of unbranched alkanes of at least 4 members (excludes halogenated alkanes) is 23. The highest BCUT2D eigenvalue weighted by Crippen LogP contribution is 2.16. The van der Waals surface area contributed by atoms with Crippen LogP contribution in [0.4, 0.5) is 0 Å². The van der Waals surface area contributed by atoms with Crippen LogP contribution in [-0.4, -0.2) is 47.3 Å². The van der Waals surface area contributed by atoms with Crippen LogP contribution in [0.2, 0.25) is 0 Å². The van der Waals surface area contributed by atoms with Crippen molar-refractivity contribution >= 4 is 11.8 Å². The lowest BCUT2D eigenvalue weighted by atomic mass is 10.0. The van der Waals surface area contributed by atoms with Gasteiger partial charge in [0.2, 0.25) is 11.8 Å². The maximum Gasteiger partial charge on any atom is 0.219 e. The Morgan fingerprint density at radius 1 is 0.375 bits per heavy atom. The first-order chi connectivity index (χ1) is 23.5. The standard InChI is InChI=1S/C42H84N2O4/c1-3-5-7-23-31-39(45)33-25-17-13-9-11-15-19-27-35-41(47)43-37-29-21-22-30-38-44-42(48)36-28-20-16-12-10-14-18-26-34-40(46)32-24-8-6-4-2/h39-40,45-46H,3-38H2,1-2H3,(H,43,47)(H,44,48)/t39-,40-/m1/s1. The molecule has 0 aliphatic rings. The van der Waals surface area contributed by atoms with Crippen LogP contribution in [0.3, 0.4) is 0 Å². The van der Waals surface area contributed by atoms with Gasteiger partial charge in [-0.1, -0.05) is 168 Å². The largest absolute Gasteiger partial charge is 0.393 e. The zero-order chi connectivity index (χ0) is 35.2. The highest BCUT2D eigenvalue weighted by Gasteiger charge is 2.06. The van der Waals surface area contributed by atoms with Crippen molar-refractivity contribution in [2.75, 3.05) is 13.1 Å². The monoisotopic (exact) mass is 681 g/mol. The molecular weight excluding hydrogens is 596 g/mol. The first-order valence-corrected chi connectivity index (χ1v) is 21.4. The third-order valence-electron chi connectivity index (χ3n) is 9.91. The zero-order valence-corrected chi connectivity index (χ0v) is 32.3. The van der Waals surface area contributed by atoms with E-state index in [1.54, 1.807) is 0 Å². The molecule has 2 amide bonds. The normalized spacial score (nSPS) is 12.7. The lowest BCUT2D eigenvalue weighted by molar-refractivity contribution is -0.122. The molecule has 6 heteroatoms. The van der Waals surface area contributed by atoms with Crippen LogP contribution in [0.25, 0.3) is 0 Å². The van der Waals surface area contributed by atoms with E-state index < -0.39 is 0 Å². The summed E-state index contributed by atoms with van der Waals surface area (Å²) in [5.41, 5.74) is 0. The summed E-state index contributed by atoms with van der Waals surface area (Å²) in [6.07, 6.45) is 38.2. The molecule has 0 bridgehead atoms. The Morgan fingerprint density at radius 3 is 0.938 bits per heavy atom. The summed E-state index contributed by atoms with van der Waals surface area (Å²) in [7, 11) is 0. The third-order valence-corrected chi connectivity index (χ3v) is 9.91. The molecule has 286 valence electrons. The minimum atomic E-state index is -0.0917. The molecule has 0 unspecified atom stereocenters.